The molecule has 0 radical (unpaired) electrons. The van der Waals surface area contributed by atoms with Crippen LogP contribution in [-0.4, -0.2) is 30.4 Å². The van der Waals surface area contributed by atoms with Crippen molar-refractivity contribution in [2.75, 3.05) is 19.6 Å². The number of amides is 1. The van der Waals surface area contributed by atoms with Crippen LogP contribution in [0.5, 0.6) is 0 Å². The van der Waals surface area contributed by atoms with Crippen molar-refractivity contribution < 1.29 is 4.79 Å². The van der Waals surface area contributed by atoms with Crippen LogP contribution in [0.2, 0.25) is 0 Å². The Morgan fingerprint density at radius 3 is 2.85 bits per heavy atom. The average Bonchev–Trinajstić information content (AvgIpc) is 2.53. The maximum Gasteiger partial charge on any atom is 0.221 e. The number of primary amides is 1. The number of carbonyl (C=O) groups excluding carboxylic acids is 1. The van der Waals surface area contributed by atoms with E-state index in [0.717, 1.165) is 26.1 Å². The highest BCUT2D eigenvalue weighted by Gasteiger charge is 2.25. The van der Waals surface area contributed by atoms with Crippen LogP contribution in [0.15, 0.2) is 0 Å². The molecule has 1 unspecified atom stereocenters. The van der Waals surface area contributed by atoms with E-state index >= 15 is 0 Å². The van der Waals surface area contributed by atoms with Gasteiger partial charge in [-0.05, 0) is 25.9 Å². The predicted octanol–water partition coefficient (Wildman–Crippen LogP) is 0.984. The van der Waals surface area contributed by atoms with Crippen LogP contribution in [0, 0.1) is 5.92 Å². The van der Waals surface area contributed by atoms with Gasteiger partial charge < -0.3 is 10.6 Å². The molecule has 0 saturated carbocycles. The van der Waals surface area contributed by atoms with Crippen LogP contribution in [0.25, 0.3) is 0 Å². The van der Waals surface area contributed by atoms with Crippen LogP contribution in [-0.2, 0) is 4.79 Å². The summed E-state index contributed by atoms with van der Waals surface area (Å²) >= 11 is 0. The summed E-state index contributed by atoms with van der Waals surface area (Å²) in [6.45, 7) is 5.28. The summed E-state index contributed by atoms with van der Waals surface area (Å²) in [5.74, 6) is -0.0142. The Morgan fingerprint density at radius 2 is 2.31 bits per heavy atom. The molecule has 1 rings (SSSR count). The Kier molecular flexibility index (Phi) is 4.22. The topological polar surface area (TPSA) is 46.3 Å². The van der Waals surface area contributed by atoms with Crippen molar-refractivity contribution in [3.63, 3.8) is 0 Å². The van der Waals surface area contributed by atoms with Crippen molar-refractivity contribution in [3.8, 4) is 0 Å². The highest BCUT2D eigenvalue weighted by atomic mass is 16.1. The Morgan fingerprint density at radius 1 is 1.54 bits per heavy atom. The average molecular weight is 184 g/mol. The molecule has 0 spiro atoms. The number of nitrogens with zero attached hydrogens (tertiary/aromatic N) is 1. The summed E-state index contributed by atoms with van der Waals surface area (Å²) in [7, 11) is 0. The molecule has 1 fully saturated rings. The lowest BCUT2D eigenvalue weighted by molar-refractivity contribution is -0.121. The number of nitrogens with two attached hydrogens (primary N) is 1. The van der Waals surface area contributed by atoms with E-state index in [1.165, 1.54) is 19.3 Å². The number of hydrogen-bond donors (Lipinski definition) is 1. The summed E-state index contributed by atoms with van der Waals surface area (Å²) < 4.78 is 0. The molecule has 1 heterocycles. The molecule has 3 nitrogen and oxygen atoms in total. The third-order valence-corrected chi connectivity index (χ3v) is 2.75. The molecule has 0 aromatic carbocycles. The largest absolute Gasteiger partial charge is 0.369 e. The van der Waals surface area contributed by atoms with Gasteiger partial charge in [0.2, 0.25) is 5.91 Å². The molecule has 1 aliphatic heterocycles. The smallest absolute Gasteiger partial charge is 0.221 e. The molecule has 2 N–H and O–H groups in total. The van der Waals surface area contributed by atoms with Crippen LogP contribution in [0.3, 0.4) is 0 Å². The first kappa shape index (κ1) is 10.5. The molecule has 13 heavy (non-hydrogen) atoms. The van der Waals surface area contributed by atoms with Gasteiger partial charge in [0.15, 0.2) is 0 Å². The fourth-order valence-electron chi connectivity index (χ4n) is 1.85. The summed E-state index contributed by atoms with van der Waals surface area (Å²) in [4.78, 5) is 13.2. The molecular formula is C10H20N2O. The van der Waals surface area contributed by atoms with Gasteiger partial charge in [-0.15, -0.1) is 0 Å². The molecule has 0 aromatic heterocycles. The SMILES string of the molecule is CCCCCN1CCC(C(N)=O)C1. The third-order valence-electron chi connectivity index (χ3n) is 2.75. The van der Waals surface area contributed by atoms with Crippen molar-refractivity contribution in [2.45, 2.75) is 32.6 Å². The Balaban J connectivity index is 2.14. The minimum atomic E-state index is -0.127. The minimum Gasteiger partial charge on any atom is -0.369 e. The standard InChI is InChI=1S/C10H20N2O/c1-2-3-4-6-12-7-5-9(8-12)10(11)13/h9H,2-8H2,1H3,(H2,11,13). The number of rotatable bonds is 5. The summed E-state index contributed by atoms with van der Waals surface area (Å²) in [6, 6.07) is 0. The zero-order valence-corrected chi connectivity index (χ0v) is 8.46. The second-order valence-corrected chi connectivity index (χ2v) is 3.90. The lowest BCUT2D eigenvalue weighted by atomic mass is 10.1. The van der Waals surface area contributed by atoms with Gasteiger partial charge in [-0.25, -0.2) is 0 Å². The number of hydrogen-bond acceptors (Lipinski definition) is 2. The summed E-state index contributed by atoms with van der Waals surface area (Å²) in [5, 5.41) is 0. The first-order valence-electron chi connectivity index (χ1n) is 5.25. The predicted molar refractivity (Wildman–Crippen MR) is 53.3 cm³/mol. The first-order valence-corrected chi connectivity index (χ1v) is 5.25. The van der Waals surface area contributed by atoms with E-state index in [1.807, 2.05) is 0 Å². The van der Waals surface area contributed by atoms with Gasteiger partial charge in [0.25, 0.3) is 0 Å². The highest BCUT2D eigenvalue weighted by molar-refractivity contribution is 5.77. The summed E-state index contributed by atoms with van der Waals surface area (Å²) in [5.41, 5.74) is 5.25. The molecule has 0 aliphatic carbocycles. The number of carbonyl (C=O) groups is 1. The Hall–Kier alpha value is -0.570. The van der Waals surface area contributed by atoms with E-state index in [1.54, 1.807) is 0 Å². The zero-order chi connectivity index (χ0) is 9.68. The fourth-order valence-corrected chi connectivity index (χ4v) is 1.85. The molecule has 76 valence electrons. The van der Waals surface area contributed by atoms with E-state index in [4.69, 9.17) is 5.73 Å². The third kappa shape index (κ3) is 3.35. The van der Waals surface area contributed by atoms with Gasteiger partial charge >= 0.3 is 0 Å². The van der Waals surface area contributed by atoms with E-state index in [2.05, 4.69) is 11.8 Å². The van der Waals surface area contributed by atoms with Crippen molar-refractivity contribution in [1.82, 2.24) is 4.90 Å². The van der Waals surface area contributed by atoms with E-state index in [-0.39, 0.29) is 11.8 Å². The normalized spacial score (nSPS) is 23.6. The van der Waals surface area contributed by atoms with E-state index in [0.29, 0.717) is 0 Å². The molecule has 0 aromatic rings. The second kappa shape index (κ2) is 5.22. The molecule has 1 atom stereocenters. The second-order valence-electron chi connectivity index (χ2n) is 3.90. The van der Waals surface area contributed by atoms with Crippen LogP contribution < -0.4 is 5.73 Å². The number of unbranched alkanes of at least 4 members (excludes halogenated alkanes) is 2. The molecule has 1 amide bonds. The highest BCUT2D eigenvalue weighted by Crippen LogP contribution is 2.15. The zero-order valence-electron chi connectivity index (χ0n) is 8.46. The number of likely N-dealkylation sites (tertiary alicyclic amines) is 1. The van der Waals surface area contributed by atoms with Gasteiger partial charge in [-0.2, -0.15) is 0 Å². The van der Waals surface area contributed by atoms with Crippen molar-refractivity contribution in [1.29, 1.82) is 0 Å². The van der Waals surface area contributed by atoms with Crippen LogP contribution in [0.4, 0.5) is 0 Å². The minimum absolute atomic E-state index is 0.113. The van der Waals surface area contributed by atoms with Crippen molar-refractivity contribution in [3.05, 3.63) is 0 Å². The summed E-state index contributed by atoms with van der Waals surface area (Å²) in [6.07, 6.45) is 4.76. The van der Waals surface area contributed by atoms with E-state index in [9.17, 15) is 4.79 Å². The molecular weight excluding hydrogens is 164 g/mol. The van der Waals surface area contributed by atoms with Crippen LogP contribution >= 0.6 is 0 Å². The lowest BCUT2D eigenvalue weighted by Crippen LogP contribution is -2.27. The Labute approximate surface area is 80.3 Å². The van der Waals surface area contributed by atoms with Gasteiger partial charge in [-0.3, -0.25) is 4.79 Å². The Bertz CT molecular complexity index is 170. The van der Waals surface area contributed by atoms with Gasteiger partial charge in [0, 0.05) is 6.54 Å². The lowest BCUT2D eigenvalue weighted by Gasteiger charge is -2.14. The van der Waals surface area contributed by atoms with Gasteiger partial charge in [-0.1, -0.05) is 19.8 Å². The molecule has 3 heteroatoms. The van der Waals surface area contributed by atoms with Gasteiger partial charge in [0.05, 0.1) is 5.92 Å². The van der Waals surface area contributed by atoms with E-state index < -0.39 is 0 Å². The first-order chi connectivity index (χ1) is 6.24. The fraction of sp³-hybridized carbons (Fsp3) is 0.900. The quantitative estimate of drug-likeness (QED) is 0.647. The molecule has 1 aliphatic rings. The van der Waals surface area contributed by atoms with Gasteiger partial charge in [0.1, 0.15) is 0 Å². The maximum atomic E-state index is 10.9. The maximum absolute atomic E-state index is 10.9. The van der Waals surface area contributed by atoms with Crippen molar-refractivity contribution in [2.24, 2.45) is 11.7 Å². The molecule has 1 saturated heterocycles. The van der Waals surface area contributed by atoms with Crippen LogP contribution in [0.1, 0.15) is 32.6 Å². The monoisotopic (exact) mass is 184 g/mol. The molecule has 0 bridgehead atoms. The van der Waals surface area contributed by atoms with Crippen molar-refractivity contribution >= 4 is 5.91 Å².